The number of ether oxygens (including phenoxy) is 1. The predicted molar refractivity (Wildman–Crippen MR) is 136 cm³/mol. The third-order valence-corrected chi connectivity index (χ3v) is 6.49. The summed E-state index contributed by atoms with van der Waals surface area (Å²) in [5.41, 5.74) is 3.92. The molecule has 1 heterocycles. The second kappa shape index (κ2) is 10.2. The Morgan fingerprint density at radius 3 is 2.35 bits per heavy atom. The molecule has 0 unspecified atom stereocenters. The van der Waals surface area contributed by atoms with Crippen molar-refractivity contribution in [2.24, 2.45) is 5.92 Å². The summed E-state index contributed by atoms with van der Waals surface area (Å²) in [7, 11) is 0. The van der Waals surface area contributed by atoms with Gasteiger partial charge in [0.15, 0.2) is 0 Å². The van der Waals surface area contributed by atoms with Gasteiger partial charge in [0.25, 0.3) is 5.91 Å². The maximum absolute atomic E-state index is 13.2. The number of benzene rings is 2. The molecular formula is C29H39NO4. The van der Waals surface area contributed by atoms with E-state index in [0.717, 1.165) is 30.6 Å². The van der Waals surface area contributed by atoms with Crippen molar-refractivity contribution in [1.82, 2.24) is 4.90 Å². The fourth-order valence-electron chi connectivity index (χ4n) is 4.45. The first-order valence-electron chi connectivity index (χ1n) is 12.3. The van der Waals surface area contributed by atoms with Crippen LogP contribution in [0.15, 0.2) is 42.5 Å². The first kappa shape index (κ1) is 25.8. The number of amides is 1. The van der Waals surface area contributed by atoms with E-state index in [-0.39, 0.29) is 29.9 Å². The SMILES string of the molecule is CC(C)CCN(CCC(=O)O)C(=O)c1ccc2c(c1)C[C@](C)(Cc1ccc(C(C)(C)C)cc1)O2. The van der Waals surface area contributed by atoms with Crippen LogP contribution in [0.5, 0.6) is 5.75 Å². The fourth-order valence-corrected chi connectivity index (χ4v) is 4.45. The van der Waals surface area contributed by atoms with E-state index in [2.05, 4.69) is 65.8 Å². The van der Waals surface area contributed by atoms with Gasteiger partial charge in [0.05, 0.1) is 6.42 Å². The van der Waals surface area contributed by atoms with Crippen LogP contribution >= 0.6 is 0 Å². The highest BCUT2D eigenvalue weighted by molar-refractivity contribution is 5.95. The molecule has 34 heavy (non-hydrogen) atoms. The van der Waals surface area contributed by atoms with E-state index >= 15 is 0 Å². The molecule has 0 bridgehead atoms. The Hall–Kier alpha value is -2.82. The van der Waals surface area contributed by atoms with Crippen molar-refractivity contribution in [3.63, 3.8) is 0 Å². The molecule has 0 fully saturated rings. The Kier molecular flexibility index (Phi) is 7.74. The van der Waals surface area contributed by atoms with Crippen molar-refractivity contribution in [2.45, 2.75) is 78.2 Å². The number of nitrogens with zero attached hydrogens (tertiary/aromatic N) is 1. The van der Waals surface area contributed by atoms with Gasteiger partial charge in [-0.15, -0.1) is 0 Å². The number of carboxylic acids is 1. The molecule has 2 aromatic carbocycles. The molecule has 184 valence electrons. The molecular weight excluding hydrogens is 426 g/mol. The van der Waals surface area contributed by atoms with E-state index in [9.17, 15) is 9.59 Å². The molecule has 1 aliphatic rings. The molecule has 2 aromatic rings. The number of hydrogen-bond donors (Lipinski definition) is 1. The topological polar surface area (TPSA) is 66.8 Å². The maximum atomic E-state index is 13.2. The van der Waals surface area contributed by atoms with E-state index in [1.54, 1.807) is 11.0 Å². The van der Waals surface area contributed by atoms with Gasteiger partial charge in [-0.25, -0.2) is 0 Å². The van der Waals surface area contributed by atoms with Crippen molar-refractivity contribution in [3.05, 3.63) is 64.7 Å². The number of fused-ring (bicyclic) bond motifs is 1. The lowest BCUT2D eigenvalue weighted by Crippen LogP contribution is -2.34. The minimum atomic E-state index is -0.893. The molecule has 0 saturated carbocycles. The van der Waals surface area contributed by atoms with Gasteiger partial charge in [-0.05, 0) is 59.6 Å². The van der Waals surface area contributed by atoms with Crippen molar-refractivity contribution >= 4 is 11.9 Å². The van der Waals surface area contributed by atoms with Crippen LogP contribution < -0.4 is 4.74 Å². The van der Waals surface area contributed by atoms with Crippen molar-refractivity contribution in [2.75, 3.05) is 13.1 Å². The molecule has 0 aromatic heterocycles. The number of hydrogen-bond acceptors (Lipinski definition) is 3. The van der Waals surface area contributed by atoms with Crippen LogP contribution in [0.4, 0.5) is 0 Å². The van der Waals surface area contributed by atoms with Crippen LogP contribution in [-0.4, -0.2) is 40.6 Å². The minimum Gasteiger partial charge on any atom is -0.487 e. The molecule has 1 amide bonds. The molecule has 5 heteroatoms. The highest BCUT2D eigenvalue weighted by Crippen LogP contribution is 2.38. The van der Waals surface area contributed by atoms with Crippen LogP contribution in [0.3, 0.4) is 0 Å². The van der Waals surface area contributed by atoms with Crippen molar-refractivity contribution in [1.29, 1.82) is 0 Å². The zero-order valence-corrected chi connectivity index (χ0v) is 21.5. The van der Waals surface area contributed by atoms with Crippen LogP contribution in [0.1, 0.15) is 81.4 Å². The summed E-state index contributed by atoms with van der Waals surface area (Å²) in [6.45, 7) is 13.7. The second-order valence-electron chi connectivity index (χ2n) is 11.3. The largest absolute Gasteiger partial charge is 0.487 e. The van der Waals surface area contributed by atoms with E-state index in [0.29, 0.717) is 18.0 Å². The van der Waals surface area contributed by atoms with Gasteiger partial charge in [0.2, 0.25) is 0 Å². The standard InChI is InChI=1S/C29H39NO4/c1-20(2)13-15-30(16-14-26(31)32)27(33)22-9-12-25-23(17-22)19-29(6,34-25)18-21-7-10-24(11-8-21)28(3,4)5/h7-12,17,20H,13-16,18-19H2,1-6H3,(H,31,32)/t29-/m0/s1. The summed E-state index contributed by atoms with van der Waals surface area (Å²) >= 11 is 0. The summed E-state index contributed by atoms with van der Waals surface area (Å²) in [6, 6.07) is 14.4. The molecule has 0 saturated heterocycles. The number of rotatable bonds is 9. The fraction of sp³-hybridized carbons (Fsp3) is 0.517. The summed E-state index contributed by atoms with van der Waals surface area (Å²) in [5.74, 6) is 0.253. The van der Waals surface area contributed by atoms with Crippen LogP contribution in [-0.2, 0) is 23.1 Å². The average molecular weight is 466 g/mol. The Morgan fingerprint density at radius 2 is 1.76 bits per heavy atom. The zero-order chi connectivity index (χ0) is 25.1. The number of carbonyl (C=O) groups is 2. The second-order valence-corrected chi connectivity index (χ2v) is 11.3. The number of aliphatic carboxylic acids is 1. The summed E-state index contributed by atoms with van der Waals surface area (Å²) in [6.07, 6.45) is 2.30. The highest BCUT2D eigenvalue weighted by atomic mass is 16.5. The minimum absolute atomic E-state index is 0.0516. The Bertz CT molecular complexity index is 1020. The maximum Gasteiger partial charge on any atom is 0.305 e. The quantitative estimate of drug-likeness (QED) is 0.502. The Balaban J connectivity index is 1.72. The lowest BCUT2D eigenvalue weighted by Gasteiger charge is -2.25. The van der Waals surface area contributed by atoms with Crippen molar-refractivity contribution < 1.29 is 19.4 Å². The van der Waals surface area contributed by atoms with Gasteiger partial charge in [0.1, 0.15) is 11.4 Å². The lowest BCUT2D eigenvalue weighted by atomic mass is 9.85. The monoisotopic (exact) mass is 465 g/mol. The molecule has 0 aliphatic carbocycles. The average Bonchev–Trinajstić information content (AvgIpc) is 3.07. The first-order chi connectivity index (χ1) is 15.9. The molecule has 0 spiro atoms. The predicted octanol–water partition coefficient (Wildman–Crippen LogP) is 5.88. The highest BCUT2D eigenvalue weighted by Gasteiger charge is 2.35. The summed E-state index contributed by atoms with van der Waals surface area (Å²) in [5, 5.41) is 9.10. The first-order valence-corrected chi connectivity index (χ1v) is 12.3. The molecule has 0 radical (unpaired) electrons. The van der Waals surface area contributed by atoms with E-state index < -0.39 is 5.97 Å². The smallest absolute Gasteiger partial charge is 0.305 e. The summed E-state index contributed by atoms with van der Waals surface area (Å²) in [4.78, 5) is 26.0. The van der Waals surface area contributed by atoms with Gasteiger partial charge in [0, 0.05) is 31.5 Å². The molecule has 5 nitrogen and oxygen atoms in total. The molecule has 1 aliphatic heterocycles. The van der Waals surface area contributed by atoms with E-state index in [1.807, 2.05) is 12.1 Å². The van der Waals surface area contributed by atoms with Gasteiger partial charge in [-0.3, -0.25) is 9.59 Å². The van der Waals surface area contributed by atoms with Crippen molar-refractivity contribution in [3.8, 4) is 5.75 Å². The van der Waals surface area contributed by atoms with Gasteiger partial charge in [-0.2, -0.15) is 0 Å². The molecule has 3 rings (SSSR count). The third kappa shape index (κ3) is 6.62. The van der Waals surface area contributed by atoms with E-state index in [4.69, 9.17) is 9.84 Å². The Morgan fingerprint density at radius 1 is 1.09 bits per heavy atom. The lowest BCUT2D eigenvalue weighted by molar-refractivity contribution is -0.137. The summed E-state index contributed by atoms with van der Waals surface area (Å²) < 4.78 is 6.35. The number of carboxylic acid groups (broad SMARTS) is 1. The van der Waals surface area contributed by atoms with Gasteiger partial charge >= 0.3 is 5.97 Å². The normalized spacial score (nSPS) is 17.4. The van der Waals surface area contributed by atoms with Crippen LogP contribution in [0, 0.1) is 5.92 Å². The zero-order valence-electron chi connectivity index (χ0n) is 21.5. The Labute approximate surface area is 204 Å². The number of carbonyl (C=O) groups excluding carboxylic acids is 1. The van der Waals surface area contributed by atoms with Crippen LogP contribution in [0.25, 0.3) is 0 Å². The molecule has 1 N–H and O–H groups in total. The van der Waals surface area contributed by atoms with Crippen LogP contribution in [0.2, 0.25) is 0 Å². The third-order valence-electron chi connectivity index (χ3n) is 6.49. The van der Waals surface area contributed by atoms with Gasteiger partial charge < -0.3 is 14.7 Å². The van der Waals surface area contributed by atoms with E-state index in [1.165, 1.54) is 11.1 Å². The molecule has 1 atom stereocenters. The van der Waals surface area contributed by atoms with Gasteiger partial charge in [-0.1, -0.05) is 58.9 Å².